The van der Waals surface area contributed by atoms with Gasteiger partial charge in [0, 0.05) is 13.5 Å². The quantitative estimate of drug-likeness (QED) is 0.890. The van der Waals surface area contributed by atoms with Gasteiger partial charge >= 0.3 is 12.1 Å². The molecule has 0 aromatic heterocycles. The lowest BCUT2D eigenvalue weighted by molar-refractivity contribution is -0.128. The number of carbonyl (C=O) groups excluding carboxylic acids is 3. The zero-order valence-electron chi connectivity index (χ0n) is 13.8. The minimum absolute atomic E-state index is 0.311. The number of amides is 5. The molecule has 1 unspecified atom stereocenters. The minimum atomic E-state index is -0.836. The molecule has 0 saturated carbocycles. The maximum Gasteiger partial charge on any atom is 0.342 e. The van der Waals surface area contributed by atoms with Crippen LogP contribution < -0.4 is 15.5 Å². The molecule has 1 atom stereocenters. The second-order valence-corrected chi connectivity index (χ2v) is 6.00. The Labute approximate surface area is 135 Å². The number of aryl methyl sites for hydroxylation is 1. The summed E-state index contributed by atoms with van der Waals surface area (Å²) in [6, 6.07) is 5.73. The lowest BCUT2D eigenvalue weighted by atomic mass is 10.2. The fraction of sp³-hybridized carbons (Fsp3) is 0.438. The predicted molar refractivity (Wildman–Crippen MR) is 86.7 cm³/mol. The summed E-state index contributed by atoms with van der Waals surface area (Å²) in [7, 11) is 0. The van der Waals surface area contributed by atoms with Crippen molar-refractivity contribution in [2.24, 2.45) is 5.92 Å². The monoisotopic (exact) mass is 318 g/mol. The number of nitrogens with one attached hydrogen (secondary N) is 2. The molecule has 2 N–H and O–H groups in total. The Balaban J connectivity index is 2.28. The molecule has 1 aliphatic heterocycles. The van der Waals surface area contributed by atoms with E-state index in [1.165, 1.54) is 6.92 Å². The van der Waals surface area contributed by atoms with Gasteiger partial charge in [-0.15, -0.1) is 0 Å². The summed E-state index contributed by atoms with van der Waals surface area (Å²) < 4.78 is 0. The third-order valence-electron chi connectivity index (χ3n) is 3.47. The van der Waals surface area contributed by atoms with E-state index in [0.29, 0.717) is 18.2 Å². The van der Waals surface area contributed by atoms with Crippen molar-refractivity contribution in [1.29, 1.82) is 0 Å². The van der Waals surface area contributed by atoms with Crippen LogP contribution in [0.2, 0.25) is 0 Å². The van der Waals surface area contributed by atoms with Crippen molar-refractivity contribution in [2.45, 2.75) is 34.0 Å². The Morgan fingerprint density at radius 3 is 2.39 bits per heavy atom. The Morgan fingerprint density at radius 2 is 1.87 bits per heavy atom. The molecule has 1 aromatic rings. The molecule has 5 amide bonds. The third-order valence-corrected chi connectivity index (χ3v) is 3.47. The van der Waals surface area contributed by atoms with Gasteiger partial charge in [0.2, 0.25) is 5.91 Å². The number of hydrogen-bond acceptors (Lipinski definition) is 4. The van der Waals surface area contributed by atoms with Gasteiger partial charge in [0.1, 0.15) is 0 Å². The van der Waals surface area contributed by atoms with Gasteiger partial charge in [-0.05, 0) is 25.0 Å². The van der Waals surface area contributed by atoms with E-state index in [4.69, 9.17) is 0 Å². The van der Waals surface area contributed by atoms with Gasteiger partial charge < -0.3 is 5.32 Å². The fourth-order valence-corrected chi connectivity index (χ4v) is 2.28. The van der Waals surface area contributed by atoms with Crippen LogP contribution in [0, 0.1) is 12.8 Å². The number of rotatable bonds is 4. The van der Waals surface area contributed by atoms with Gasteiger partial charge in [-0.1, -0.05) is 31.5 Å². The summed E-state index contributed by atoms with van der Waals surface area (Å²) in [4.78, 5) is 38.9. The van der Waals surface area contributed by atoms with Gasteiger partial charge in [0.15, 0.2) is 6.29 Å². The van der Waals surface area contributed by atoms with Crippen LogP contribution in [0.3, 0.4) is 0 Å². The summed E-state index contributed by atoms with van der Waals surface area (Å²) in [6.07, 6.45) is -0.836. The zero-order chi connectivity index (χ0) is 17.1. The van der Waals surface area contributed by atoms with E-state index in [1.54, 1.807) is 24.3 Å². The molecule has 1 fully saturated rings. The summed E-state index contributed by atoms with van der Waals surface area (Å²) in [5.74, 6) is -0.126. The first-order chi connectivity index (χ1) is 10.8. The molecule has 0 aliphatic carbocycles. The van der Waals surface area contributed by atoms with E-state index in [2.05, 4.69) is 10.6 Å². The van der Waals surface area contributed by atoms with Crippen LogP contribution in [-0.4, -0.2) is 35.7 Å². The average molecular weight is 318 g/mol. The normalized spacial score (nSPS) is 18.4. The van der Waals surface area contributed by atoms with Crippen molar-refractivity contribution in [2.75, 3.05) is 11.4 Å². The van der Waals surface area contributed by atoms with Crippen molar-refractivity contribution < 1.29 is 14.4 Å². The Hall–Kier alpha value is -2.41. The Morgan fingerprint density at radius 1 is 1.26 bits per heavy atom. The van der Waals surface area contributed by atoms with Crippen molar-refractivity contribution in [3.05, 3.63) is 29.8 Å². The number of imide groups is 2. The van der Waals surface area contributed by atoms with Gasteiger partial charge in [-0.25, -0.2) is 19.4 Å². The van der Waals surface area contributed by atoms with Crippen LogP contribution in [0.15, 0.2) is 24.3 Å². The van der Waals surface area contributed by atoms with Crippen LogP contribution in [0.1, 0.15) is 26.3 Å². The molecule has 1 aromatic carbocycles. The van der Waals surface area contributed by atoms with Crippen molar-refractivity contribution in [3.8, 4) is 0 Å². The lowest BCUT2D eigenvalue weighted by Gasteiger charge is -2.39. The summed E-state index contributed by atoms with van der Waals surface area (Å²) in [6.45, 7) is 7.77. The number of anilines is 1. The highest BCUT2D eigenvalue weighted by Gasteiger charge is 2.41. The molecular weight excluding hydrogens is 296 g/mol. The van der Waals surface area contributed by atoms with E-state index < -0.39 is 24.3 Å². The molecular formula is C16H22N4O3. The maximum absolute atomic E-state index is 12.6. The van der Waals surface area contributed by atoms with E-state index in [-0.39, 0.29) is 0 Å². The molecule has 1 aliphatic rings. The lowest BCUT2D eigenvalue weighted by Crippen LogP contribution is -2.70. The number of hydrogen-bond donors (Lipinski definition) is 2. The summed E-state index contributed by atoms with van der Waals surface area (Å²) in [5, 5.41) is 5.68. The highest BCUT2D eigenvalue weighted by Crippen LogP contribution is 2.21. The van der Waals surface area contributed by atoms with E-state index in [9.17, 15) is 14.4 Å². The third kappa shape index (κ3) is 3.68. The highest BCUT2D eigenvalue weighted by molar-refractivity contribution is 6.18. The summed E-state index contributed by atoms with van der Waals surface area (Å²) >= 11 is 0. The molecule has 2 rings (SSSR count). The maximum atomic E-state index is 12.6. The Bertz CT molecular complexity index is 612. The van der Waals surface area contributed by atoms with E-state index in [1.807, 2.05) is 20.8 Å². The second-order valence-electron chi connectivity index (χ2n) is 6.00. The van der Waals surface area contributed by atoms with Crippen molar-refractivity contribution in [1.82, 2.24) is 15.5 Å². The molecule has 7 nitrogen and oxygen atoms in total. The van der Waals surface area contributed by atoms with Gasteiger partial charge in [0.25, 0.3) is 0 Å². The molecule has 1 saturated heterocycles. The van der Waals surface area contributed by atoms with Crippen molar-refractivity contribution in [3.63, 3.8) is 0 Å². The van der Waals surface area contributed by atoms with Crippen LogP contribution >= 0.6 is 0 Å². The van der Waals surface area contributed by atoms with Gasteiger partial charge in [-0.2, -0.15) is 0 Å². The first-order valence-electron chi connectivity index (χ1n) is 7.55. The SMILES string of the molecule is CC(=O)N1C(=O)N(c2ccc(C)cc2)C(=O)NC1NCC(C)C. The number of benzene rings is 1. The van der Waals surface area contributed by atoms with E-state index >= 15 is 0 Å². The topological polar surface area (TPSA) is 81.8 Å². The fourth-order valence-electron chi connectivity index (χ4n) is 2.28. The standard InChI is InChI=1S/C16H22N4O3/c1-10(2)9-17-14-18-15(22)20(16(23)19(14)12(4)21)13-7-5-11(3)6-8-13/h5-8,10,14,17H,9H2,1-4H3,(H,18,22). The zero-order valence-corrected chi connectivity index (χ0v) is 13.8. The molecule has 7 heteroatoms. The second kappa shape index (κ2) is 6.78. The highest BCUT2D eigenvalue weighted by atomic mass is 16.2. The molecule has 0 spiro atoms. The molecule has 0 radical (unpaired) electrons. The minimum Gasteiger partial charge on any atom is -0.304 e. The van der Waals surface area contributed by atoms with Crippen LogP contribution in [-0.2, 0) is 4.79 Å². The van der Waals surface area contributed by atoms with Crippen molar-refractivity contribution >= 4 is 23.7 Å². The summed E-state index contributed by atoms with van der Waals surface area (Å²) in [5.41, 5.74) is 1.44. The molecule has 23 heavy (non-hydrogen) atoms. The van der Waals surface area contributed by atoms with Crippen LogP contribution in [0.5, 0.6) is 0 Å². The van der Waals surface area contributed by atoms with Gasteiger partial charge in [0.05, 0.1) is 5.69 Å². The number of nitrogens with zero attached hydrogens (tertiary/aromatic N) is 2. The average Bonchev–Trinajstić information content (AvgIpc) is 2.46. The molecule has 1 heterocycles. The van der Waals surface area contributed by atoms with Crippen LogP contribution in [0.25, 0.3) is 0 Å². The van der Waals surface area contributed by atoms with E-state index in [0.717, 1.165) is 15.4 Å². The largest absolute Gasteiger partial charge is 0.342 e. The number of carbonyl (C=O) groups is 3. The smallest absolute Gasteiger partial charge is 0.304 e. The molecule has 0 bridgehead atoms. The van der Waals surface area contributed by atoms with Crippen LogP contribution in [0.4, 0.5) is 15.3 Å². The number of urea groups is 2. The van der Waals surface area contributed by atoms with Gasteiger partial charge in [-0.3, -0.25) is 10.1 Å². The predicted octanol–water partition coefficient (Wildman–Crippen LogP) is 2.02. The Kier molecular flexibility index (Phi) is 5.00. The first kappa shape index (κ1) is 17.0. The first-order valence-corrected chi connectivity index (χ1v) is 7.55. The molecule has 124 valence electrons.